The molecule has 26 heteroatoms. The number of nitrogens with one attached hydrogen (secondary N) is 7. The molecule has 1 heterocycles. The molecule has 9 amide bonds. The van der Waals surface area contributed by atoms with Crippen LogP contribution in [0.25, 0.3) is 0 Å². The number of hydrogen-bond acceptors (Lipinski definition) is 13. The van der Waals surface area contributed by atoms with Crippen molar-refractivity contribution < 1.29 is 53.4 Å². The monoisotopic (exact) mass is 1080 g/mol. The highest BCUT2D eigenvalue weighted by Gasteiger charge is 2.34. The van der Waals surface area contributed by atoms with Crippen LogP contribution in [0.1, 0.15) is 95.6 Å². The zero-order valence-electron chi connectivity index (χ0n) is 44.0. The van der Waals surface area contributed by atoms with Crippen molar-refractivity contribution in [2.75, 3.05) is 39.3 Å². The quantitative estimate of drug-likeness (QED) is 0.0337. The number of aliphatic imine (C=N–C) groups is 2. The summed E-state index contributed by atoms with van der Waals surface area (Å²) in [4.78, 5) is 133. The van der Waals surface area contributed by atoms with Crippen LogP contribution in [0.4, 0.5) is 0 Å². The van der Waals surface area contributed by atoms with Crippen LogP contribution in [-0.4, -0.2) is 156 Å². The topological polar surface area (TPSA) is 436 Å². The van der Waals surface area contributed by atoms with E-state index < -0.39 is 103 Å². The molecule has 0 spiro atoms. The van der Waals surface area contributed by atoms with Crippen LogP contribution in [0, 0.1) is 5.92 Å². The van der Waals surface area contributed by atoms with Gasteiger partial charge < -0.3 is 81.0 Å². The largest absolute Gasteiger partial charge is 0.508 e. The van der Waals surface area contributed by atoms with Gasteiger partial charge in [-0.2, -0.15) is 0 Å². The van der Waals surface area contributed by atoms with Gasteiger partial charge in [0.05, 0.1) is 13.2 Å². The third-order valence-corrected chi connectivity index (χ3v) is 12.2. The van der Waals surface area contributed by atoms with Crippen LogP contribution in [0.3, 0.4) is 0 Å². The van der Waals surface area contributed by atoms with Crippen LogP contribution in [-0.2, 0) is 56.0 Å². The highest BCUT2D eigenvalue weighted by Crippen LogP contribution is 2.14. The van der Waals surface area contributed by atoms with E-state index in [1.165, 1.54) is 24.3 Å². The maximum absolute atomic E-state index is 14.5. The number of phenols is 1. The Labute approximate surface area is 448 Å². The van der Waals surface area contributed by atoms with Gasteiger partial charge in [-0.15, -0.1) is 0 Å². The second-order valence-corrected chi connectivity index (χ2v) is 19.2. The van der Waals surface area contributed by atoms with Crippen molar-refractivity contribution in [3.63, 3.8) is 0 Å². The van der Waals surface area contributed by atoms with Crippen molar-refractivity contribution in [1.29, 1.82) is 0 Å². The lowest BCUT2D eigenvalue weighted by Crippen LogP contribution is -2.60. The van der Waals surface area contributed by atoms with Crippen molar-refractivity contribution in [2.24, 2.45) is 44.6 Å². The van der Waals surface area contributed by atoms with Crippen LogP contribution in [0.15, 0.2) is 64.6 Å². The van der Waals surface area contributed by atoms with E-state index in [9.17, 15) is 53.4 Å². The molecule has 3 rings (SSSR count). The number of primary amides is 1. The number of phenolic OH excluding ortho intramolecular Hbond substituents is 1. The van der Waals surface area contributed by atoms with E-state index in [1.807, 2.05) is 13.8 Å². The Kier molecular flexibility index (Phi) is 27.8. The van der Waals surface area contributed by atoms with Crippen molar-refractivity contribution in [3.05, 3.63) is 65.7 Å². The summed E-state index contributed by atoms with van der Waals surface area (Å²) in [6.45, 7) is 2.43. The number of nitrogens with two attached hydrogens (primary N) is 5. The maximum Gasteiger partial charge on any atom is 0.248 e. The minimum Gasteiger partial charge on any atom is -0.508 e. The van der Waals surface area contributed by atoms with E-state index >= 15 is 0 Å². The molecule has 1 aliphatic heterocycles. The Hall–Kier alpha value is -8.03. The van der Waals surface area contributed by atoms with Gasteiger partial charge in [-0.05, 0) is 74.1 Å². The van der Waals surface area contributed by atoms with Gasteiger partial charge in [0.1, 0.15) is 42.0 Å². The molecule has 2 aromatic rings. The second-order valence-electron chi connectivity index (χ2n) is 19.2. The van der Waals surface area contributed by atoms with Gasteiger partial charge in [0.15, 0.2) is 11.9 Å². The van der Waals surface area contributed by atoms with E-state index in [0.717, 1.165) is 4.90 Å². The summed E-state index contributed by atoms with van der Waals surface area (Å²) >= 11 is 0. The molecule has 0 radical (unpaired) electrons. The molecule has 1 aliphatic rings. The van der Waals surface area contributed by atoms with E-state index in [0.29, 0.717) is 36.8 Å². The molecule has 6 atom stereocenters. The average molecular weight is 1080 g/mol. The van der Waals surface area contributed by atoms with Crippen LogP contribution in [0.2, 0.25) is 0 Å². The smallest absolute Gasteiger partial charge is 0.248 e. The van der Waals surface area contributed by atoms with Gasteiger partial charge in [0.25, 0.3) is 0 Å². The molecule has 0 saturated carbocycles. The Morgan fingerprint density at radius 2 is 1.23 bits per heavy atom. The van der Waals surface area contributed by atoms with Crippen molar-refractivity contribution >= 4 is 65.1 Å². The number of aliphatic hydroxyl groups excluding tert-OH is 1. The van der Waals surface area contributed by atoms with Crippen LogP contribution >= 0.6 is 0 Å². The standard InChI is InChI=1S/C51H79N15O11/c1-31(2)26-37(44(52)72)62-45(73)36(15-11-24-59-51(55)56)61-43(71)29-66-25-9-4-3-8-22-57-41(69)20-21-42(70)60-35(14-10-23-58-50(53)54)46(74)63-39(28-33-16-18-34(68)19-17-33)47(75)64-38(27-32-12-6-5-7-13-32)48(76)65-40(30-67)49(66)77/h5-7,12-13,16-19,31,35-40,67-68H,3-4,8-11,14-15,20-30H2,1-2H3,(H2,52,72)(H,57,69)(H,60,70)(H,61,71)(H,62,73)(H,63,74)(H,64,75)(H,65,76)(H4,53,54,58)(H4,55,56,59)/t35-,36-,37-,38-,39-,40-/m0/s1. The van der Waals surface area contributed by atoms with Gasteiger partial charge >= 0.3 is 0 Å². The molecule has 0 bridgehead atoms. The van der Waals surface area contributed by atoms with E-state index in [1.54, 1.807) is 30.3 Å². The number of rotatable bonds is 21. The van der Waals surface area contributed by atoms with E-state index in [4.69, 9.17) is 28.7 Å². The lowest BCUT2D eigenvalue weighted by molar-refractivity contribution is -0.141. The van der Waals surface area contributed by atoms with Crippen molar-refractivity contribution in [3.8, 4) is 5.75 Å². The van der Waals surface area contributed by atoms with Crippen LogP contribution < -0.4 is 65.9 Å². The molecule has 19 N–H and O–H groups in total. The fourth-order valence-corrected chi connectivity index (χ4v) is 8.17. The van der Waals surface area contributed by atoms with Gasteiger partial charge in [0.2, 0.25) is 53.2 Å². The molecule has 26 nitrogen and oxygen atoms in total. The minimum atomic E-state index is -1.67. The van der Waals surface area contributed by atoms with Crippen molar-refractivity contribution in [2.45, 2.75) is 134 Å². The third-order valence-electron chi connectivity index (χ3n) is 12.2. The lowest BCUT2D eigenvalue weighted by Gasteiger charge is -2.29. The zero-order valence-corrected chi connectivity index (χ0v) is 44.0. The molecule has 1 saturated heterocycles. The summed E-state index contributed by atoms with van der Waals surface area (Å²) < 4.78 is 0. The Morgan fingerprint density at radius 1 is 0.675 bits per heavy atom. The first-order valence-electron chi connectivity index (χ1n) is 25.8. The number of aliphatic hydroxyl groups is 1. The predicted molar refractivity (Wildman–Crippen MR) is 286 cm³/mol. The van der Waals surface area contributed by atoms with E-state index in [2.05, 4.69) is 47.2 Å². The minimum absolute atomic E-state index is 0.00377. The lowest BCUT2D eigenvalue weighted by atomic mass is 10.0. The number of hydrogen-bond donors (Lipinski definition) is 14. The summed E-state index contributed by atoms with van der Waals surface area (Å²) in [5.74, 6) is -7.30. The molecular weight excluding hydrogens is 999 g/mol. The fraction of sp³-hybridized carbons (Fsp3) is 0.549. The molecule has 77 heavy (non-hydrogen) atoms. The number of nitrogens with zero attached hydrogens (tertiary/aromatic N) is 3. The normalized spacial score (nSPS) is 19.6. The number of guanidine groups is 2. The Balaban J connectivity index is 2.05. The molecule has 424 valence electrons. The Morgan fingerprint density at radius 3 is 1.82 bits per heavy atom. The number of carbonyl (C=O) groups excluding carboxylic acids is 9. The van der Waals surface area contributed by atoms with Crippen molar-refractivity contribution in [1.82, 2.24) is 42.1 Å². The SMILES string of the molecule is CC(C)C[C@H](NC(=O)[C@H](CCCN=C(N)N)NC(=O)CN1CCCCCCNC(=O)CCC(=O)N[C@@H](CCCN=C(N)N)C(=O)N[C@@H](Cc2ccc(O)cc2)C(=O)N[C@@H](Cc2ccccc2)C(=O)N[C@@H](CO)C1=O)C(N)=O. The van der Waals surface area contributed by atoms with Gasteiger partial charge in [-0.3, -0.25) is 53.1 Å². The molecule has 0 unspecified atom stereocenters. The van der Waals surface area contributed by atoms with Gasteiger partial charge in [-0.1, -0.05) is 69.2 Å². The molecule has 0 aromatic heterocycles. The summed E-state index contributed by atoms with van der Waals surface area (Å²) in [5.41, 5.74) is 28.6. The molecule has 1 fully saturated rings. The number of amides is 9. The van der Waals surface area contributed by atoms with E-state index in [-0.39, 0.29) is 108 Å². The van der Waals surface area contributed by atoms with Crippen LogP contribution in [0.5, 0.6) is 5.75 Å². The number of aromatic hydroxyl groups is 1. The highest BCUT2D eigenvalue weighted by molar-refractivity contribution is 5.97. The molecule has 0 aliphatic carbocycles. The predicted octanol–water partition coefficient (Wildman–Crippen LogP) is -2.98. The molecule has 2 aromatic carbocycles. The van der Waals surface area contributed by atoms with Gasteiger partial charge in [-0.25, -0.2) is 0 Å². The number of carbonyl (C=O) groups is 9. The third kappa shape index (κ3) is 24.9. The Bertz CT molecular complexity index is 2330. The first-order valence-corrected chi connectivity index (χ1v) is 25.8. The maximum atomic E-state index is 14.5. The van der Waals surface area contributed by atoms with Gasteiger partial charge in [0, 0.05) is 51.9 Å². The summed E-state index contributed by atoms with van der Waals surface area (Å²) in [7, 11) is 0. The summed E-state index contributed by atoms with van der Waals surface area (Å²) in [5, 5.41) is 39.3. The zero-order chi connectivity index (χ0) is 56.9. The fourth-order valence-electron chi connectivity index (χ4n) is 8.17. The number of benzene rings is 2. The first kappa shape index (κ1) is 63.3. The first-order chi connectivity index (χ1) is 36.6. The second kappa shape index (κ2) is 33.8. The summed E-state index contributed by atoms with van der Waals surface area (Å²) in [6, 6.07) is 6.26. The highest BCUT2D eigenvalue weighted by atomic mass is 16.3. The summed E-state index contributed by atoms with van der Waals surface area (Å²) in [6.07, 6.45) is 1.70. The molecular formula is C51H79N15O11. The average Bonchev–Trinajstić information content (AvgIpc) is 3.37.